The molecule has 0 fully saturated rings. The topological polar surface area (TPSA) is 68.3 Å². The number of rotatable bonds is 4. The van der Waals surface area contributed by atoms with E-state index in [1.807, 2.05) is 32.0 Å². The predicted molar refractivity (Wildman–Crippen MR) is 84.1 cm³/mol. The van der Waals surface area contributed by atoms with Crippen molar-refractivity contribution in [1.82, 2.24) is 4.98 Å². The van der Waals surface area contributed by atoms with Gasteiger partial charge in [-0.15, -0.1) is 0 Å². The third-order valence-electron chi connectivity index (χ3n) is 3.32. The zero-order valence-corrected chi connectivity index (χ0v) is 12.8. The van der Waals surface area contributed by atoms with Gasteiger partial charge in [0.25, 0.3) is 5.91 Å². The average Bonchev–Trinajstić information content (AvgIpc) is 2.52. The number of hydrogen-bond donors (Lipinski definition) is 1. The smallest absolute Gasteiger partial charge is 0.356 e. The molecule has 22 heavy (non-hydrogen) atoms. The van der Waals surface area contributed by atoms with Crippen LogP contribution >= 0.6 is 0 Å². The van der Waals surface area contributed by atoms with Crippen molar-refractivity contribution in [3.63, 3.8) is 0 Å². The van der Waals surface area contributed by atoms with Gasteiger partial charge in [-0.3, -0.25) is 4.79 Å². The second-order valence-electron chi connectivity index (χ2n) is 4.83. The molecule has 0 aliphatic heterocycles. The molecular weight excluding hydrogens is 280 g/mol. The van der Waals surface area contributed by atoms with Crippen molar-refractivity contribution in [2.24, 2.45) is 0 Å². The number of carbonyl (C=O) groups is 2. The predicted octanol–water partition coefficient (Wildman–Crippen LogP) is 3.13. The molecule has 1 amide bonds. The van der Waals surface area contributed by atoms with Gasteiger partial charge in [-0.1, -0.05) is 18.2 Å². The molecule has 0 aliphatic carbocycles. The van der Waals surface area contributed by atoms with Gasteiger partial charge in [-0.2, -0.15) is 0 Å². The summed E-state index contributed by atoms with van der Waals surface area (Å²) >= 11 is 0. The lowest BCUT2D eigenvalue weighted by Gasteiger charge is -2.10. The second-order valence-corrected chi connectivity index (χ2v) is 4.83. The van der Waals surface area contributed by atoms with Gasteiger partial charge in [0.1, 0.15) is 11.4 Å². The minimum Gasteiger partial charge on any atom is -0.461 e. The maximum absolute atomic E-state index is 12.3. The van der Waals surface area contributed by atoms with E-state index in [1.165, 1.54) is 6.07 Å². The van der Waals surface area contributed by atoms with Gasteiger partial charge in [0, 0.05) is 5.69 Å². The minimum absolute atomic E-state index is 0.121. The molecule has 1 N–H and O–H groups in total. The van der Waals surface area contributed by atoms with Crippen LogP contribution in [0.1, 0.15) is 39.0 Å². The highest BCUT2D eigenvalue weighted by molar-refractivity contribution is 6.04. The maximum atomic E-state index is 12.3. The van der Waals surface area contributed by atoms with Crippen molar-refractivity contribution >= 4 is 17.6 Å². The minimum atomic E-state index is -0.538. The Morgan fingerprint density at radius 1 is 1.09 bits per heavy atom. The van der Waals surface area contributed by atoms with Crippen molar-refractivity contribution in [3.8, 4) is 0 Å². The molecule has 1 aromatic carbocycles. The summed E-state index contributed by atoms with van der Waals surface area (Å²) in [5.41, 5.74) is 3.11. The van der Waals surface area contributed by atoms with Gasteiger partial charge in [0.2, 0.25) is 0 Å². The van der Waals surface area contributed by atoms with Gasteiger partial charge in [-0.25, -0.2) is 9.78 Å². The number of anilines is 1. The van der Waals surface area contributed by atoms with Crippen LogP contribution in [-0.4, -0.2) is 23.5 Å². The molecule has 0 atom stereocenters. The Bertz CT molecular complexity index is 711. The quantitative estimate of drug-likeness (QED) is 0.881. The number of ether oxygens (including phenoxy) is 1. The summed E-state index contributed by atoms with van der Waals surface area (Å²) in [6, 6.07) is 10.4. The van der Waals surface area contributed by atoms with Crippen LogP contribution in [0.4, 0.5) is 5.69 Å². The van der Waals surface area contributed by atoms with Crippen molar-refractivity contribution in [2.45, 2.75) is 20.8 Å². The van der Waals surface area contributed by atoms with E-state index in [2.05, 4.69) is 10.3 Å². The Kier molecular flexibility index (Phi) is 4.88. The summed E-state index contributed by atoms with van der Waals surface area (Å²) in [6.07, 6.45) is 0. The lowest BCUT2D eigenvalue weighted by molar-refractivity contribution is 0.0519. The highest BCUT2D eigenvalue weighted by Gasteiger charge is 2.14. The largest absolute Gasteiger partial charge is 0.461 e. The fourth-order valence-electron chi connectivity index (χ4n) is 1.95. The lowest BCUT2D eigenvalue weighted by atomic mass is 10.1. The normalized spacial score (nSPS) is 10.1. The first-order chi connectivity index (χ1) is 10.5. The number of hydrogen-bond acceptors (Lipinski definition) is 4. The van der Waals surface area contributed by atoms with Crippen LogP contribution < -0.4 is 5.32 Å². The molecule has 5 heteroatoms. The molecular formula is C17H18N2O3. The van der Waals surface area contributed by atoms with Crippen molar-refractivity contribution in [2.75, 3.05) is 11.9 Å². The first-order valence-electron chi connectivity index (χ1n) is 7.04. The van der Waals surface area contributed by atoms with Crippen LogP contribution in [0.3, 0.4) is 0 Å². The Labute approximate surface area is 129 Å². The van der Waals surface area contributed by atoms with E-state index in [0.29, 0.717) is 0 Å². The summed E-state index contributed by atoms with van der Waals surface area (Å²) in [5.74, 6) is -0.899. The molecule has 0 spiro atoms. The summed E-state index contributed by atoms with van der Waals surface area (Å²) < 4.78 is 4.88. The van der Waals surface area contributed by atoms with Crippen molar-refractivity contribution in [1.29, 1.82) is 0 Å². The number of pyridine rings is 1. The lowest BCUT2D eigenvalue weighted by Crippen LogP contribution is -2.17. The number of aryl methyl sites for hydroxylation is 1. The summed E-state index contributed by atoms with van der Waals surface area (Å²) in [5, 5.41) is 2.81. The highest BCUT2D eigenvalue weighted by atomic mass is 16.5. The van der Waals surface area contributed by atoms with E-state index in [1.54, 1.807) is 19.1 Å². The van der Waals surface area contributed by atoms with E-state index in [9.17, 15) is 9.59 Å². The molecule has 1 heterocycles. The Hall–Kier alpha value is -2.69. The summed E-state index contributed by atoms with van der Waals surface area (Å²) in [7, 11) is 0. The third kappa shape index (κ3) is 3.49. The van der Waals surface area contributed by atoms with E-state index < -0.39 is 5.97 Å². The van der Waals surface area contributed by atoms with Crippen LogP contribution in [0, 0.1) is 13.8 Å². The van der Waals surface area contributed by atoms with E-state index >= 15 is 0 Å². The van der Waals surface area contributed by atoms with E-state index in [0.717, 1.165) is 16.8 Å². The van der Waals surface area contributed by atoms with Crippen LogP contribution in [0.2, 0.25) is 0 Å². The first kappa shape index (κ1) is 15.7. The zero-order chi connectivity index (χ0) is 16.1. The second kappa shape index (κ2) is 6.85. The number of nitrogens with zero attached hydrogens (tertiary/aromatic N) is 1. The van der Waals surface area contributed by atoms with Crippen LogP contribution in [-0.2, 0) is 4.74 Å². The third-order valence-corrected chi connectivity index (χ3v) is 3.32. The molecule has 0 saturated heterocycles. The molecule has 114 valence electrons. The molecule has 2 rings (SSSR count). The number of benzene rings is 1. The Balaban J connectivity index is 2.21. The van der Waals surface area contributed by atoms with Crippen LogP contribution in [0.25, 0.3) is 0 Å². The molecule has 0 aliphatic rings. The number of nitrogens with one attached hydrogen (secondary N) is 1. The van der Waals surface area contributed by atoms with Gasteiger partial charge in [-0.05, 0) is 50.1 Å². The average molecular weight is 298 g/mol. The SMILES string of the molecule is CCOC(=O)c1cccc(C(=O)Nc2cccc(C)c2C)n1. The highest BCUT2D eigenvalue weighted by Crippen LogP contribution is 2.18. The van der Waals surface area contributed by atoms with Crippen molar-refractivity contribution in [3.05, 3.63) is 58.9 Å². The molecule has 0 saturated carbocycles. The zero-order valence-electron chi connectivity index (χ0n) is 12.8. The number of esters is 1. The van der Waals surface area contributed by atoms with Crippen LogP contribution in [0.15, 0.2) is 36.4 Å². The van der Waals surface area contributed by atoms with Crippen molar-refractivity contribution < 1.29 is 14.3 Å². The molecule has 0 radical (unpaired) electrons. The molecule has 1 aromatic heterocycles. The maximum Gasteiger partial charge on any atom is 0.356 e. The Morgan fingerprint density at radius 3 is 2.50 bits per heavy atom. The Morgan fingerprint density at radius 2 is 1.77 bits per heavy atom. The summed E-state index contributed by atoms with van der Waals surface area (Å²) in [4.78, 5) is 28.0. The molecule has 5 nitrogen and oxygen atoms in total. The first-order valence-corrected chi connectivity index (χ1v) is 7.04. The number of aromatic nitrogens is 1. The fourth-order valence-corrected chi connectivity index (χ4v) is 1.95. The molecule has 0 bridgehead atoms. The van der Waals surface area contributed by atoms with Gasteiger partial charge < -0.3 is 10.1 Å². The number of carbonyl (C=O) groups excluding carboxylic acids is 2. The van der Waals surface area contributed by atoms with Gasteiger partial charge >= 0.3 is 5.97 Å². The van der Waals surface area contributed by atoms with Crippen LogP contribution in [0.5, 0.6) is 0 Å². The fraction of sp³-hybridized carbons (Fsp3) is 0.235. The van der Waals surface area contributed by atoms with E-state index in [-0.39, 0.29) is 23.9 Å². The van der Waals surface area contributed by atoms with Gasteiger partial charge in [0.15, 0.2) is 0 Å². The number of amides is 1. The molecule has 0 unspecified atom stereocenters. The monoisotopic (exact) mass is 298 g/mol. The molecule has 2 aromatic rings. The van der Waals surface area contributed by atoms with Gasteiger partial charge in [0.05, 0.1) is 6.61 Å². The standard InChI is InChI=1S/C17H18N2O3/c1-4-22-17(21)15-10-6-9-14(18-15)16(20)19-13-8-5-7-11(2)12(13)3/h5-10H,4H2,1-3H3,(H,19,20). The van der Waals surface area contributed by atoms with E-state index in [4.69, 9.17) is 4.74 Å². The summed E-state index contributed by atoms with van der Waals surface area (Å²) in [6.45, 7) is 5.90.